The summed E-state index contributed by atoms with van der Waals surface area (Å²) >= 11 is 0. The second-order valence-electron chi connectivity index (χ2n) is 4.03. The molecular formula is C13H21NO. The van der Waals surface area contributed by atoms with Gasteiger partial charge in [0.25, 0.3) is 0 Å². The molecule has 0 saturated heterocycles. The summed E-state index contributed by atoms with van der Waals surface area (Å²) in [6.07, 6.45) is 2.24. The van der Waals surface area contributed by atoms with Crippen LogP contribution in [0.5, 0.6) is 5.75 Å². The van der Waals surface area contributed by atoms with Crippen LogP contribution < -0.4 is 10.5 Å². The van der Waals surface area contributed by atoms with Crippen molar-refractivity contribution in [3.05, 3.63) is 29.3 Å². The lowest BCUT2D eigenvalue weighted by molar-refractivity contribution is 0.305. The summed E-state index contributed by atoms with van der Waals surface area (Å²) in [5.74, 6) is 0.934. The van der Waals surface area contributed by atoms with E-state index in [-0.39, 0.29) is 6.04 Å². The lowest BCUT2D eigenvalue weighted by Crippen LogP contribution is -2.09. The molecule has 2 heteroatoms. The summed E-state index contributed by atoms with van der Waals surface area (Å²) < 4.78 is 5.71. The molecule has 84 valence electrons. The maximum absolute atomic E-state index is 5.91. The Bertz CT molecular complexity index is 307. The van der Waals surface area contributed by atoms with Crippen molar-refractivity contribution in [2.75, 3.05) is 6.61 Å². The van der Waals surface area contributed by atoms with Crippen molar-refractivity contribution < 1.29 is 4.74 Å². The van der Waals surface area contributed by atoms with Gasteiger partial charge >= 0.3 is 0 Å². The van der Waals surface area contributed by atoms with Gasteiger partial charge in [0.15, 0.2) is 0 Å². The molecule has 1 aromatic carbocycles. The van der Waals surface area contributed by atoms with Crippen LogP contribution in [0, 0.1) is 6.92 Å². The zero-order chi connectivity index (χ0) is 11.3. The standard InChI is InChI=1S/C13H21NO/c1-4-5-8-15-13-7-6-10(2)9-12(13)11(3)14/h6-7,9,11H,4-5,8,14H2,1-3H3. The van der Waals surface area contributed by atoms with Crippen LogP contribution in [-0.4, -0.2) is 6.61 Å². The van der Waals surface area contributed by atoms with Gasteiger partial charge < -0.3 is 10.5 Å². The molecule has 0 radical (unpaired) electrons. The van der Waals surface area contributed by atoms with Crippen molar-refractivity contribution in [2.24, 2.45) is 5.73 Å². The highest BCUT2D eigenvalue weighted by Gasteiger charge is 2.07. The number of benzene rings is 1. The molecule has 0 aromatic heterocycles. The molecule has 0 heterocycles. The topological polar surface area (TPSA) is 35.2 Å². The largest absolute Gasteiger partial charge is 0.493 e. The van der Waals surface area contributed by atoms with E-state index in [0.717, 1.165) is 30.8 Å². The van der Waals surface area contributed by atoms with E-state index in [1.54, 1.807) is 0 Å². The van der Waals surface area contributed by atoms with Crippen molar-refractivity contribution in [1.82, 2.24) is 0 Å². The molecular weight excluding hydrogens is 186 g/mol. The molecule has 1 unspecified atom stereocenters. The molecule has 15 heavy (non-hydrogen) atoms. The van der Waals surface area contributed by atoms with Gasteiger partial charge in [-0.3, -0.25) is 0 Å². The first-order valence-electron chi connectivity index (χ1n) is 5.64. The van der Waals surface area contributed by atoms with E-state index in [9.17, 15) is 0 Å². The van der Waals surface area contributed by atoms with Crippen molar-refractivity contribution in [2.45, 2.75) is 39.7 Å². The molecule has 0 amide bonds. The second-order valence-corrected chi connectivity index (χ2v) is 4.03. The third-order valence-corrected chi connectivity index (χ3v) is 2.41. The monoisotopic (exact) mass is 207 g/mol. The third-order valence-electron chi connectivity index (χ3n) is 2.41. The fraction of sp³-hybridized carbons (Fsp3) is 0.538. The van der Waals surface area contributed by atoms with Crippen LogP contribution in [0.25, 0.3) is 0 Å². The van der Waals surface area contributed by atoms with Gasteiger partial charge in [-0.05, 0) is 26.3 Å². The molecule has 1 atom stereocenters. The average molecular weight is 207 g/mol. The van der Waals surface area contributed by atoms with E-state index < -0.39 is 0 Å². The summed E-state index contributed by atoms with van der Waals surface area (Å²) in [4.78, 5) is 0. The van der Waals surface area contributed by atoms with Gasteiger partial charge in [-0.1, -0.05) is 31.0 Å². The van der Waals surface area contributed by atoms with E-state index in [0.29, 0.717) is 0 Å². The third kappa shape index (κ3) is 3.56. The highest BCUT2D eigenvalue weighted by Crippen LogP contribution is 2.25. The maximum Gasteiger partial charge on any atom is 0.124 e. The van der Waals surface area contributed by atoms with Crippen molar-refractivity contribution in [1.29, 1.82) is 0 Å². The van der Waals surface area contributed by atoms with Crippen LogP contribution in [-0.2, 0) is 0 Å². The van der Waals surface area contributed by atoms with Gasteiger partial charge in [-0.15, -0.1) is 0 Å². The summed E-state index contributed by atoms with van der Waals surface area (Å²) in [6, 6.07) is 6.21. The second kappa shape index (κ2) is 5.76. The van der Waals surface area contributed by atoms with Gasteiger partial charge in [-0.25, -0.2) is 0 Å². The lowest BCUT2D eigenvalue weighted by Gasteiger charge is -2.14. The number of unbranched alkanes of at least 4 members (excludes halogenated alkanes) is 1. The molecule has 1 rings (SSSR count). The predicted octanol–water partition coefficient (Wildman–Crippen LogP) is 3.19. The van der Waals surface area contributed by atoms with E-state index in [1.807, 2.05) is 13.0 Å². The molecule has 0 fully saturated rings. The van der Waals surface area contributed by atoms with Crippen LogP contribution >= 0.6 is 0 Å². The number of ether oxygens (including phenoxy) is 1. The number of hydrogen-bond donors (Lipinski definition) is 1. The van der Waals surface area contributed by atoms with Crippen LogP contribution in [0.3, 0.4) is 0 Å². The average Bonchev–Trinajstić information content (AvgIpc) is 2.20. The number of nitrogens with two attached hydrogens (primary N) is 1. The molecule has 2 nitrogen and oxygen atoms in total. The van der Waals surface area contributed by atoms with E-state index in [1.165, 1.54) is 5.56 Å². The van der Waals surface area contributed by atoms with Crippen molar-refractivity contribution in [3.8, 4) is 5.75 Å². The quantitative estimate of drug-likeness (QED) is 0.752. The first kappa shape index (κ1) is 12.1. The summed E-state index contributed by atoms with van der Waals surface area (Å²) in [5, 5.41) is 0. The molecule has 0 aliphatic heterocycles. The number of rotatable bonds is 5. The van der Waals surface area contributed by atoms with Gasteiger partial charge in [0.2, 0.25) is 0 Å². The van der Waals surface area contributed by atoms with Gasteiger partial charge in [-0.2, -0.15) is 0 Å². The fourth-order valence-electron chi connectivity index (χ4n) is 1.48. The Morgan fingerprint density at radius 1 is 1.40 bits per heavy atom. The van der Waals surface area contributed by atoms with Crippen LogP contribution in [0.1, 0.15) is 43.9 Å². The predicted molar refractivity (Wildman–Crippen MR) is 64.2 cm³/mol. The Morgan fingerprint density at radius 2 is 2.13 bits per heavy atom. The SMILES string of the molecule is CCCCOc1ccc(C)cc1C(C)N. The molecule has 0 spiro atoms. The highest BCUT2D eigenvalue weighted by molar-refractivity contribution is 5.38. The van der Waals surface area contributed by atoms with Crippen LogP contribution in [0.4, 0.5) is 0 Å². The Balaban J connectivity index is 2.77. The highest BCUT2D eigenvalue weighted by atomic mass is 16.5. The smallest absolute Gasteiger partial charge is 0.124 e. The van der Waals surface area contributed by atoms with E-state index >= 15 is 0 Å². The molecule has 0 bridgehead atoms. The van der Waals surface area contributed by atoms with Gasteiger partial charge in [0.1, 0.15) is 5.75 Å². The summed E-state index contributed by atoms with van der Waals surface area (Å²) in [6.45, 7) is 6.99. The molecule has 0 saturated carbocycles. The molecule has 2 N–H and O–H groups in total. The maximum atomic E-state index is 5.91. The van der Waals surface area contributed by atoms with E-state index in [4.69, 9.17) is 10.5 Å². The Morgan fingerprint density at radius 3 is 2.73 bits per heavy atom. The zero-order valence-corrected chi connectivity index (χ0v) is 9.92. The Kier molecular flexibility index (Phi) is 4.63. The Hall–Kier alpha value is -1.02. The van der Waals surface area contributed by atoms with Crippen LogP contribution in [0.2, 0.25) is 0 Å². The normalized spacial score (nSPS) is 12.5. The zero-order valence-electron chi connectivity index (χ0n) is 9.92. The molecule has 1 aromatic rings. The van der Waals surface area contributed by atoms with Crippen molar-refractivity contribution in [3.63, 3.8) is 0 Å². The van der Waals surface area contributed by atoms with Crippen molar-refractivity contribution >= 4 is 0 Å². The summed E-state index contributed by atoms with van der Waals surface area (Å²) in [5.41, 5.74) is 8.24. The van der Waals surface area contributed by atoms with Gasteiger partial charge in [0.05, 0.1) is 6.61 Å². The first-order valence-corrected chi connectivity index (χ1v) is 5.64. The van der Waals surface area contributed by atoms with Gasteiger partial charge in [0, 0.05) is 11.6 Å². The summed E-state index contributed by atoms with van der Waals surface area (Å²) in [7, 11) is 0. The first-order chi connectivity index (χ1) is 7.15. The molecule has 0 aliphatic carbocycles. The molecule has 0 aliphatic rings. The number of aryl methyl sites for hydroxylation is 1. The number of hydrogen-bond acceptors (Lipinski definition) is 2. The lowest BCUT2D eigenvalue weighted by atomic mass is 10.1. The minimum Gasteiger partial charge on any atom is -0.493 e. The Labute approximate surface area is 92.4 Å². The minimum atomic E-state index is 0.0292. The minimum absolute atomic E-state index is 0.0292. The fourth-order valence-corrected chi connectivity index (χ4v) is 1.48. The van der Waals surface area contributed by atoms with E-state index in [2.05, 4.69) is 26.0 Å². The van der Waals surface area contributed by atoms with Crippen LogP contribution in [0.15, 0.2) is 18.2 Å².